The molecular formula is C7H14FNO. The van der Waals surface area contributed by atoms with Crippen LogP contribution in [0.3, 0.4) is 0 Å². The van der Waals surface area contributed by atoms with Crippen LogP contribution in [0, 0.1) is 5.41 Å². The minimum absolute atomic E-state index is 0.372. The van der Waals surface area contributed by atoms with E-state index in [1.807, 2.05) is 0 Å². The van der Waals surface area contributed by atoms with Crippen LogP contribution in [0.1, 0.15) is 13.8 Å². The van der Waals surface area contributed by atoms with E-state index in [1.54, 1.807) is 13.8 Å². The molecule has 0 amide bonds. The predicted molar refractivity (Wildman–Crippen MR) is 37.5 cm³/mol. The van der Waals surface area contributed by atoms with Gasteiger partial charge in [-0.3, -0.25) is 0 Å². The van der Waals surface area contributed by atoms with Crippen molar-refractivity contribution < 1.29 is 9.13 Å². The number of halogens is 1. The van der Waals surface area contributed by atoms with Crippen molar-refractivity contribution in [1.82, 2.24) is 0 Å². The molecule has 1 aliphatic rings. The summed E-state index contributed by atoms with van der Waals surface area (Å²) >= 11 is 0. The predicted octanol–water partition coefficient (Wildman–Crippen LogP) is 0.710. The number of hydrogen-bond donors (Lipinski definition) is 1. The van der Waals surface area contributed by atoms with Crippen LogP contribution in [-0.4, -0.2) is 25.4 Å². The maximum Gasteiger partial charge on any atom is 0.116 e. The number of alkyl halides is 1. The maximum absolute atomic E-state index is 13.3. The van der Waals surface area contributed by atoms with Crippen LogP contribution in [0.15, 0.2) is 0 Å². The monoisotopic (exact) mass is 147 g/mol. The van der Waals surface area contributed by atoms with Gasteiger partial charge in [0.25, 0.3) is 0 Å². The smallest absolute Gasteiger partial charge is 0.116 e. The summed E-state index contributed by atoms with van der Waals surface area (Å²) in [5.41, 5.74) is 3.82. The Labute approximate surface area is 60.5 Å². The standard InChI is InChI=1S/C7H14FNO/c1-6(2,8)7(3-9)4-10-5-7/h3-5,9H2,1-2H3. The van der Waals surface area contributed by atoms with Gasteiger partial charge in [-0.05, 0) is 13.8 Å². The lowest BCUT2D eigenvalue weighted by Gasteiger charge is -2.47. The summed E-state index contributed by atoms with van der Waals surface area (Å²) in [6, 6.07) is 0. The van der Waals surface area contributed by atoms with E-state index in [-0.39, 0.29) is 0 Å². The molecule has 0 radical (unpaired) electrons. The van der Waals surface area contributed by atoms with Crippen molar-refractivity contribution in [2.75, 3.05) is 19.8 Å². The van der Waals surface area contributed by atoms with Gasteiger partial charge in [0.05, 0.1) is 18.6 Å². The summed E-state index contributed by atoms with van der Waals surface area (Å²) in [7, 11) is 0. The Bertz CT molecular complexity index is 121. The molecule has 0 spiro atoms. The molecule has 0 aromatic carbocycles. The van der Waals surface area contributed by atoms with Crippen molar-refractivity contribution in [2.24, 2.45) is 11.1 Å². The molecule has 0 bridgehead atoms. The lowest BCUT2D eigenvalue weighted by Crippen LogP contribution is -2.59. The number of nitrogens with two attached hydrogens (primary N) is 1. The van der Waals surface area contributed by atoms with E-state index < -0.39 is 11.1 Å². The van der Waals surface area contributed by atoms with E-state index >= 15 is 0 Å². The molecule has 3 heteroatoms. The molecule has 0 aromatic heterocycles. The van der Waals surface area contributed by atoms with Gasteiger partial charge in [-0.25, -0.2) is 4.39 Å². The first kappa shape index (κ1) is 7.95. The molecular weight excluding hydrogens is 133 g/mol. The zero-order chi connectivity index (χ0) is 7.83. The first-order chi connectivity index (χ1) is 4.52. The van der Waals surface area contributed by atoms with E-state index in [1.165, 1.54) is 0 Å². The van der Waals surface area contributed by atoms with Crippen LogP contribution in [0.5, 0.6) is 0 Å². The van der Waals surface area contributed by atoms with Crippen molar-refractivity contribution in [1.29, 1.82) is 0 Å². The molecule has 1 aliphatic heterocycles. The number of ether oxygens (including phenoxy) is 1. The fourth-order valence-corrected chi connectivity index (χ4v) is 1.05. The third-order valence-corrected chi connectivity index (χ3v) is 2.41. The fourth-order valence-electron chi connectivity index (χ4n) is 1.05. The molecule has 0 saturated carbocycles. The molecule has 1 rings (SSSR count). The average Bonchev–Trinajstić information content (AvgIpc) is 1.58. The molecule has 0 atom stereocenters. The average molecular weight is 147 g/mol. The Morgan fingerprint density at radius 2 is 2.10 bits per heavy atom. The van der Waals surface area contributed by atoms with E-state index in [4.69, 9.17) is 10.5 Å². The SMILES string of the molecule is CC(C)(F)C1(CN)COC1. The van der Waals surface area contributed by atoms with E-state index in [0.717, 1.165) is 0 Å². The van der Waals surface area contributed by atoms with Gasteiger partial charge in [0.2, 0.25) is 0 Å². The van der Waals surface area contributed by atoms with Gasteiger partial charge in [-0.15, -0.1) is 0 Å². The summed E-state index contributed by atoms with van der Waals surface area (Å²) in [6.07, 6.45) is 0. The van der Waals surface area contributed by atoms with Crippen LogP contribution < -0.4 is 5.73 Å². The van der Waals surface area contributed by atoms with Crippen LogP contribution in [-0.2, 0) is 4.74 Å². The highest BCUT2D eigenvalue weighted by Gasteiger charge is 2.50. The van der Waals surface area contributed by atoms with E-state index in [9.17, 15) is 4.39 Å². The molecule has 1 fully saturated rings. The van der Waals surface area contributed by atoms with Crippen LogP contribution >= 0.6 is 0 Å². The molecule has 0 unspecified atom stereocenters. The second kappa shape index (κ2) is 2.17. The summed E-state index contributed by atoms with van der Waals surface area (Å²) in [5.74, 6) is 0. The van der Waals surface area contributed by atoms with Crippen molar-refractivity contribution in [3.8, 4) is 0 Å². The van der Waals surface area contributed by atoms with Crippen molar-refractivity contribution >= 4 is 0 Å². The molecule has 60 valence electrons. The summed E-state index contributed by atoms with van der Waals surface area (Å²) < 4.78 is 18.3. The van der Waals surface area contributed by atoms with Crippen molar-refractivity contribution in [3.63, 3.8) is 0 Å². The highest BCUT2D eigenvalue weighted by molar-refractivity contribution is 4.99. The van der Waals surface area contributed by atoms with Gasteiger partial charge in [0.15, 0.2) is 0 Å². The second-order valence-electron chi connectivity index (χ2n) is 3.45. The summed E-state index contributed by atoms with van der Waals surface area (Å²) in [4.78, 5) is 0. The first-order valence-corrected chi connectivity index (χ1v) is 3.49. The normalized spacial score (nSPS) is 24.0. The van der Waals surface area contributed by atoms with Gasteiger partial charge in [0, 0.05) is 6.54 Å². The van der Waals surface area contributed by atoms with Gasteiger partial charge < -0.3 is 10.5 Å². The summed E-state index contributed by atoms with van der Waals surface area (Å²) in [5, 5.41) is 0. The van der Waals surface area contributed by atoms with E-state index in [2.05, 4.69) is 0 Å². The molecule has 2 N–H and O–H groups in total. The largest absolute Gasteiger partial charge is 0.380 e. The highest BCUT2D eigenvalue weighted by atomic mass is 19.1. The molecule has 2 nitrogen and oxygen atoms in total. The Hall–Kier alpha value is -0.150. The van der Waals surface area contributed by atoms with Crippen molar-refractivity contribution in [2.45, 2.75) is 19.5 Å². The number of rotatable bonds is 2. The first-order valence-electron chi connectivity index (χ1n) is 3.49. The quantitative estimate of drug-likeness (QED) is 0.624. The Balaban J connectivity index is 2.65. The molecule has 0 aliphatic carbocycles. The van der Waals surface area contributed by atoms with Crippen LogP contribution in [0.2, 0.25) is 0 Å². The van der Waals surface area contributed by atoms with Gasteiger partial charge in [0.1, 0.15) is 5.67 Å². The zero-order valence-electron chi connectivity index (χ0n) is 6.48. The fraction of sp³-hybridized carbons (Fsp3) is 1.00. The Morgan fingerprint density at radius 3 is 2.10 bits per heavy atom. The minimum atomic E-state index is -1.21. The topological polar surface area (TPSA) is 35.2 Å². The summed E-state index contributed by atoms with van der Waals surface area (Å²) in [6.45, 7) is 4.42. The van der Waals surface area contributed by atoms with Gasteiger partial charge in [-0.2, -0.15) is 0 Å². The molecule has 1 saturated heterocycles. The van der Waals surface area contributed by atoms with Crippen LogP contribution in [0.4, 0.5) is 4.39 Å². The zero-order valence-corrected chi connectivity index (χ0v) is 6.48. The third-order valence-electron chi connectivity index (χ3n) is 2.41. The highest BCUT2D eigenvalue weighted by Crippen LogP contribution is 2.40. The van der Waals surface area contributed by atoms with Gasteiger partial charge in [-0.1, -0.05) is 0 Å². The second-order valence-corrected chi connectivity index (χ2v) is 3.45. The van der Waals surface area contributed by atoms with Crippen molar-refractivity contribution in [3.05, 3.63) is 0 Å². The Morgan fingerprint density at radius 1 is 1.60 bits per heavy atom. The van der Waals surface area contributed by atoms with E-state index in [0.29, 0.717) is 19.8 Å². The number of hydrogen-bond acceptors (Lipinski definition) is 2. The molecule has 10 heavy (non-hydrogen) atoms. The Kier molecular flexibility index (Phi) is 1.73. The molecule has 1 heterocycles. The maximum atomic E-state index is 13.3. The minimum Gasteiger partial charge on any atom is -0.380 e. The third kappa shape index (κ3) is 0.935. The molecule has 0 aromatic rings. The van der Waals surface area contributed by atoms with Crippen LogP contribution in [0.25, 0.3) is 0 Å². The lowest BCUT2D eigenvalue weighted by molar-refractivity contribution is -0.175. The lowest BCUT2D eigenvalue weighted by atomic mass is 9.73. The van der Waals surface area contributed by atoms with Gasteiger partial charge >= 0.3 is 0 Å².